The Morgan fingerprint density at radius 3 is 2.14 bits per heavy atom. The van der Waals surface area contributed by atoms with Gasteiger partial charge in [-0.15, -0.1) is 0 Å². The summed E-state index contributed by atoms with van der Waals surface area (Å²) in [4.78, 5) is 24.3. The van der Waals surface area contributed by atoms with Crippen LogP contribution in [-0.2, 0) is 15.8 Å². The topological polar surface area (TPSA) is 46.2 Å². The molecule has 7 heteroatoms. The second-order valence-corrected chi connectivity index (χ2v) is 6.22. The molecule has 0 saturated carbocycles. The van der Waals surface area contributed by atoms with Crippen molar-refractivity contribution in [1.82, 2.24) is 5.32 Å². The van der Waals surface area contributed by atoms with E-state index in [0.29, 0.717) is 5.56 Å². The Kier molecular flexibility index (Phi) is 6.18. The first-order valence-corrected chi connectivity index (χ1v) is 8.15. The van der Waals surface area contributed by atoms with E-state index in [2.05, 4.69) is 11.9 Å². The normalized spacial score (nSPS) is 11.9. The van der Waals surface area contributed by atoms with E-state index in [4.69, 9.17) is 0 Å². The Morgan fingerprint density at radius 2 is 1.64 bits per heavy atom. The number of nitrogens with one attached hydrogen (secondary N) is 1. The van der Waals surface area contributed by atoms with E-state index in [1.165, 1.54) is 25.1 Å². The third-order valence-corrected chi connectivity index (χ3v) is 3.82. The van der Waals surface area contributed by atoms with Crippen molar-refractivity contribution in [3.63, 3.8) is 0 Å². The molecule has 0 fully saturated rings. The average Bonchev–Trinajstić information content (AvgIpc) is 2.59. The van der Waals surface area contributed by atoms with Gasteiger partial charge in [0.25, 0.3) is 11.8 Å². The highest BCUT2D eigenvalue weighted by Gasteiger charge is 2.30. The molecule has 0 aliphatic heterocycles. The number of benzene rings is 2. The number of aryl methyl sites for hydroxylation is 1. The summed E-state index contributed by atoms with van der Waals surface area (Å²) in [6, 6.07) is 8.17. The van der Waals surface area contributed by atoms with Crippen LogP contribution < -0.4 is 5.32 Å². The van der Waals surface area contributed by atoms with Crippen LogP contribution in [0.1, 0.15) is 29.2 Å². The van der Waals surface area contributed by atoms with Crippen molar-refractivity contribution >= 4 is 23.5 Å². The Bertz CT molecular complexity index is 957. The Labute approximate surface area is 159 Å². The van der Waals surface area contributed by atoms with Gasteiger partial charge in [-0.25, -0.2) is 4.39 Å². The summed E-state index contributed by atoms with van der Waals surface area (Å²) in [5.41, 5.74) is -0.208. The van der Waals surface area contributed by atoms with Crippen molar-refractivity contribution in [2.24, 2.45) is 0 Å². The van der Waals surface area contributed by atoms with Gasteiger partial charge in [0, 0.05) is 11.1 Å². The molecule has 0 spiro atoms. The minimum atomic E-state index is -4.50. The van der Waals surface area contributed by atoms with Crippen molar-refractivity contribution < 1.29 is 27.2 Å². The van der Waals surface area contributed by atoms with E-state index < -0.39 is 29.4 Å². The van der Waals surface area contributed by atoms with E-state index in [1.54, 1.807) is 13.0 Å². The van der Waals surface area contributed by atoms with Crippen LogP contribution in [-0.4, -0.2) is 11.8 Å². The zero-order valence-corrected chi connectivity index (χ0v) is 15.2. The summed E-state index contributed by atoms with van der Waals surface area (Å²) in [5, 5.41) is 2.08. The lowest BCUT2D eigenvalue weighted by Crippen LogP contribution is -2.31. The van der Waals surface area contributed by atoms with Crippen LogP contribution in [0.15, 0.2) is 54.6 Å². The number of halogens is 4. The Hall–Kier alpha value is -3.22. The maximum Gasteiger partial charge on any atom is 0.416 e. The highest BCUT2D eigenvalue weighted by atomic mass is 19.4. The van der Waals surface area contributed by atoms with Crippen LogP contribution >= 0.6 is 0 Å². The zero-order valence-electron chi connectivity index (χ0n) is 15.2. The van der Waals surface area contributed by atoms with Gasteiger partial charge in [-0.1, -0.05) is 30.8 Å². The maximum absolute atomic E-state index is 14.4. The van der Waals surface area contributed by atoms with E-state index in [9.17, 15) is 27.2 Å². The first-order valence-electron chi connectivity index (χ1n) is 8.15. The van der Waals surface area contributed by atoms with Gasteiger partial charge in [0.1, 0.15) is 5.82 Å². The van der Waals surface area contributed by atoms with Gasteiger partial charge in [-0.2, -0.15) is 13.2 Å². The quantitative estimate of drug-likeness (QED) is 0.457. The molecule has 0 atom stereocenters. The zero-order chi connectivity index (χ0) is 21.1. The van der Waals surface area contributed by atoms with Gasteiger partial charge in [0.2, 0.25) is 0 Å². The molecule has 0 aliphatic rings. The molecule has 2 aromatic carbocycles. The second-order valence-electron chi connectivity index (χ2n) is 6.22. The fourth-order valence-corrected chi connectivity index (χ4v) is 2.32. The van der Waals surface area contributed by atoms with Gasteiger partial charge in [0.05, 0.1) is 11.1 Å². The monoisotopic (exact) mass is 391 g/mol. The first kappa shape index (κ1) is 21.1. The highest BCUT2D eigenvalue weighted by Crippen LogP contribution is 2.30. The third-order valence-electron chi connectivity index (χ3n) is 3.82. The van der Waals surface area contributed by atoms with Crippen LogP contribution in [0.25, 0.3) is 11.6 Å². The fourth-order valence-electron chi connectivity index (χ4n) is 2.32. The van der Waals surface area contributed by atoms with Gasteiger partial charge in [0.15, 0.2) is 0 Å². The van der Waals surface area contributed by atoms with Crippen molar-refractivity contribution in [3.8, 4) is 0 Å². The molecule has 2 rings (SSSR count). The van der Waals surface area contributed by atoms with Crippen LogP contribution in [0.4, 0.5) is 17.6 Å². The van der Waals surface area contributed by atoms with Gasteiger partial charge >= 0.3 is 6.18 Å². The summed E-state index contributed by atoms with van der Waals surface area (Å²) in [6.45, 7) is 6.48. The number of alkyl halides is 3. The molecular formula is C21H17F4NO2. The molecule has 28 heavy (non-hydrogen) atoms. The maximum atomic E-state index is 14.4. The summed E-state index contributed by atoms with van der Waals surface area (Å²) < 4.78 is 52.5. The summed E-state index contributed by atoms with van der Waals surface area (Å²) in [5.74, 6) is -2.33. The van der Waals surface area contributed by atoms with Crippen LogP contribution in [0.2, 0.25) is 0 Å². The summed E-state index contributed by atoms with van der Waals surface area (Å²) >= 11 is 0. The fraction of sp³-hybridized carbons (Fsp3) is 0.143. The highest BCUT2D eigenvalue weighted by molar-refractivity contribution is 6.28. The lowest BCUT2D eigenvalue weighted by molar-refractivity contribution is -0.137. The van der Waals surface area contributed by atoms with E-state index in [1.807, 2.05) is 0 Å². The molecule has 0 radical (unpaired) electrons. The molecule has 3 nitrogen and oxygen atoms in total. The smallest absolute Gasteiger partial charge is 0.288 e. The molecule has 0 unspecified atom stereocenters. The second kappa shape index (κ2) is 8.21. The van der Waals surface area contributed by atoms with Crippen molar-refractivity contribution in [3.05, 3.63) is 82.7 Å². The standard InChI is InChI=1S/C21H17F4NO2/c1-12(2)19(27)26-20(28)17(16-9-4-13(3)10-18(16)22)11-14-5-7-15(8-6-14)21(23,24)25/h4-11H,1H2,2-3H3,(H,26,27,28)/b17-11-. The predicted molar refractivity (Wildman–Crippen MR) is 98.4 cm³/mol. The number of rotatable bonds is 4. The lowest BCUT2D eigenvalue weighted by atomic mass is 9.99. The van der Waals surface area contributed by atoms with Crippen molar-refractivity contribution in [2.75, 3.05) is 0 Å². The van der Waals surface area contributed by atoms with Crippen LogP contribution in [0.3, 0.4) is 0 Å². The minimum Gasteiger partial charge on any atom is -0.288 e. The predicted octanol–water partition coefficient (Wildman–Crippen LogP) is 4.91. The van der Waals surface area contributed by atoms with E-state index >= 15 is 0 Å². The van der Waals surface area contributed by atoms with Crippen molar-refractivity contribution in [2.45, 2.75) is 20.0 Å². The average molecular weight is 391 g/mol. The first-order chi connectivity index (χ1) is 13.0. The van der Waals surface area contributed by atoms with Gasteiger partial charge < -0.3 is 0 Å². The number of carbonyl (C=O) groups is 2. The molecule has 1 N–H and O–H groups in total. The van der Waals surface area contributed by atoms with Crippen molar-refractivity contribution in [1.29, 1.82) is 0 Å². The molecule has 0 heterocycles. The molecular weight excluding hydrogens is 374 g/mol. The number of amides is 2. The molecule has 0 saturated heterocycles. The Morgan fingerprint density at radius 1 is 1.04 bits per heavy atom. The lowest BCUT2D eigenvalue weighted by Gasteiger charge is -2.11. The molecule has 2 aromatic rings. The number of hydrogen-bond acceptors (Lipinski definition) is 2. The number of hydrogen-bond donors (Lipinski definition) is 1. The summed E-state index contributed by atoms with van der Waals surface area (Å²) in [7, 11) is 0. The van der Waals surface area contributed by atoms with Crippen LogP contribution in [0.5, 0.6) is 0 Å². The summed E-state index contributed by atoms with van der Waals surface area (Å²) in [6.07, 6.45) is -3.28. The van der Waals surface area contributed by atoms with E-state index in [-0.39, 0.29) is 22.3 Å². The van der Waals surface area contributed by atoms with Gasteiger partial charge in [-0.05, 0) is 49.2 Å². The minimum absolute atomic E-state index is 0.0756. The SMILES string of the molecule is C=C(C)C(=O)NC(=O)/C(=C\c1ccc(C(F)(F)F)cc1)c1ccc(C)cc1F. The third kappa shape index (κ3) is 5.16. The molecule has 0 bridgehead atoms. The molecule has 0 aromatic heterocycles. The largest absolute Gasteiger partial charge is 0.416 e. The van der Waals surface area contributed by atoms with Gasteiger partial charge in [-0.3, -0.25) is 14.9 Å². The molecule has 0 aliphatic carbocycles. The van der Waals surface area contributed by atoms with E-state index in [0.717, 1.165) is 24.3 Å². The molecule has 146 valence electrons. The number of imide groups is 1. The Balaban J connectivity index is 2.51. The van der Waals surface area contributed by atoms with Crippen LogP contribution in [0, 0.1) is 12.7 Å². The number of carbonyl (C=O) groups excluding carboxylic acids is 2. The molecule has 2 amide bonds.